The number of carbonyl (C=O) groups excluding carboxylic acids is 2. The lowest BCUT2D eigenvalue weighted by atomic mass is 10.1. The molecule has 1 heterocycles. The van der Waals surface area contributed by atoms with Gasteiger partial charge in [-0.05, 0) is 69.2 Å². The number of carbonyl (C=O) groups is 2. The van der Waals surface area contributed by atoms with Crippen LogP contribution in [0.5, 0.6) is 0 Å². The Balaban J connectivity index is 1.55. The predicted octanol–water partition coefficient (Wildman–Crippen LogP) is 5.43. The van der Waals surface area contributed by atoms with Crippen molar-refractivity contribution >= 4 is 45.5 Å². The summed E-state index contributed by atoms with van der Waals surface area (Å²) in [7, 11) is 0. The van der Waals surface area contributed by atoms with Crippen molar-refractivity contribution in [3.63, 3.8) is 0 Å². The highest BCUT2D eigenvalue weighted by molar-refractivity contribution is 7.14. The van der Waals surface area contributed by atoms with Gasteiger partial charge in [-0.25, -0.2) is 9.78 Å². The van der Waals surface area contributed by atoms with Crippen LogP contribution in [0.2, 0.25) is 0 Å². The first-order chi connectivity index (χ1) is 15.4. The van der Waals surface area contributed by atoms with Gasteiger partial charge in [-0.1, -0.05) is 12.1 Å². The Morgan fingerprint density at radius 1 is 1.00 bits per heavy atom. The lowest BCUT2D eigenvalue weighted by Crippen LogP contribution is -2.22. The molecule has 0 aliphatic heterocycles. The Labute approximate surface area is 192 Å². The SMILES string of the molecule is CCN(CC)c1ccc(NC(=O)Cc2csc(NC(=O)Nc3cccc(C)c3)n2)c(C)c1. The average molecular weight is 452 g/mol. The third-order valence-corrected chi connectivity index (χ3v) is 5.81. The summed E-state index contributed by atoms with van der Waals surface area (Å²) in [5, 5.41) is 10.7. The molecule has 0 saturated heterocycles. The Bertz CT molecular complexity index is 1090. The second kappa shape index (κ2) is 10.8. The second-order valence-electron chi connectivity index (χ2n) is 7.49. The Hall–Kier alpha value is -3.39. The van der Waals surface area contributed by atoms with E-state index in [1.807, 2.05) is 50.2 Å². The molecule has 0 atom stereocenters. The molecule has 0 aliphatic carbocycles. The standard InChI is InChI=1S/C24H29N5O2S/c1-5-29(6-2)20-10-11-21(17(4)13-20)27-22(30)14-19-15-32-24(26-19)28-23(31)25-18-9-7-8-16(3)12-18/h7-13,15H,5-6,14H2,1-4H3,(H,27,30)(H2,25,26,28,31). The van der Waals surface area contributed by atoms with Gasteiger partial charge in [0.25, 0.3) is 0 Å². The number of aryl methyl sites for hydroxylation is 2. The van der Waals surface area contributed by atoms with Crippen LogP contribution in [0.15, 0.2) is 47.8 Å². The number of hydrogen-bond donors (Lipinski definition) is 3. The lowest BCUT2D eigenvalue weighted by Gasteiger charge is -2.22. The van der Waals surface area contributed by atoms with Crippen LogP contribution in [0.25, 0.3) is 0 Å². The van der Waals surface area contributed by atoms with Crippen LogP contribution in [-0.2, 0) is 11.2 Å². The van der Waals surface area contributed by atoms with E-state index in [-0.39, 0.29) is 18.4 Å². The summed E-state index contributed by atoms with van der Waals surface area (Å²) in [5.74, 6) is -0.148. The second-order valence-corrected chi connectivity index (χ2v) is 8.35. The molecule has 8 heteroatoms. The fourth-order valence-corrected chi connectivity index (χ4v) is 4.07. The van der Waals surface area contributed by atoms with Gasteiger partial charge in [-0.3, -0.25) is 10.1 Å². The molecule has 3 N–H and O–H groups in total. The first kappa shape index (κ1) is 23.3. The molecule has 3 rings (SSSR count). The molecule has 0 fully saturated rings. The number of anilines is 4. The van der Waals surface area contributed by atoms with Crippen LogP contribution in [0.3, 0.4) is 0 Å². The molecule has 0 bridgehead atoms. The Morgan fingerprint density at radius 3 is 2.47 bits per heavy atom. The van der Waals surface area contributed by atoms with Crippen LogP contribution < -0.4 is 20.9 Å². The van der Waals surface area contributed by atoms with E-state index in [1.54, 1.807) is 5.38 Å². The van der Waals surface area contributed by atoms with Crippen molar-refractivity contribution in [2.24, 2.45) is 0 Å². The van der Waals surface area contributed by atoms with Gasteiger partial charge >= 0.3 is 6.03 Å². The first-order valence-electron chi connectivity index (χ1n) is 10.6. The van der Waals surface area contributed by atoms with Crippen molar-refractivity contribution in [2.45, 2.75) is 34.1 Å². The minimum Gasteiger partial charge on any atom is -0.372 e. The summed E-state index contributed by atoms with van der Waals surface area (Å²) in [6.45, 7) is 10.1. The van der Waals surface area contributed by atoms with Gasteiger partial charge in [-0.15, -0.1) is 11.3 Å². The quantitative estimate of drug-likeness (QED) is 0.426. The molecule has 0 saturated carbocycles. The van der Waals surface area contributed by atoms with Crippen molar-refractivity contribution in [3.8, 4) is 0 Å². The third kappa shape index (κ3) is 6.31. The molecule has 0 radical (unpaired) electrons. The highest BCUT2D eigenvalue weighted by Crippen LogP contribution is 2.23. The van der Waals surface area contributed by atoms with E-state index < -0.39 is 0 Å². The fourth-order valence-electron chi connectivity index (χ4n) is 3.36. The van der Waals surface area contributed by atoms with E-state index in [2.05, 4.69) is 45.7 Å². The number of amides is 3. The molecule has 32 heavy (non-hydrogen) atoms. The minimum absolute atomic E-state index is 0.134. The van der Waals surface area contributed by atoms with Gasteiger partial charge in [0, 0.05) is 35.5 Å². The maximum atomic E-state index is 12.5. The molecule has 2 aromatic carbocycles. The zero-order valence-corrected chi connectivity index (χ0v) is 19.7. The fraction of sp³-hybridized carbons (Fsp3) is 0.292. The summed E-state index contributed by atoms with van der Waals surface area (Å²) < 4.78 is 0. The van der Waals surface area contributed by atoms with Crippen LogP contribution in [0.4, 0.5) is 27.0 Å². The van der Waals surface area contributed by atoms with Gasteiger partial charge < -0.3 is 15.5 Å². The van der Waals surface area contributed by atoms with Crippen LogP contribution >= 0.6 is 11.3 Å². The van der Waals surface area contributed by atoms with Gasteiger partial charge in [-0.2, -0.15) is 0 Å². The van der Waals surface area contributed by atoms with E-state index in [9.17, 15) is 9.59 Å². The highest BCUT2D eigenvalue weighted by Gasteiger charge is 2.12. The van der Waals surface area contributed by atoms with Crippen LogP contribution in [0, 0.1) is 13.8 Å². The van der Waals surface area contributed by atoms with E-state index in [1.165, 1.54) is 11.3 Å². The topological polar surface area (TPSA) is 86.4 Å². The van der Waals surface area contributed by atoms with Gasteiger partial charge in [0.2, 0.25) is 5.91 Å². The number of rotatable bonds is 8. The van der Waals surface area contributed by atoms with E-state index in [0.717, 1.165) is 35.6 Å². The molecular weight excluding hydrogens is 422 g/mol. The third-order valence-electron chi connectivity index (χ3n) is 5.00. The average Bonchev–Trinajstić information content (AvgIpc) is 3.17. The van der Waals surface area contributed by atoms with Gasteiger partial charge in [0.15, 0.2) is 5.13 Å². The summed E-state index contributed by atoms with van der Waals surface area (Å²) in [5.41, 5.74) is 5.32. The number of hydrogen-bond acceptors (Lipinski definition) is 5. The molecular formula is C24H29N5O2S. The molecule has 0 unspecified atom stereocenters. The van der Waals surface area contributed by atoms with E-state index >= 15 is 0 Å². The number of thiazole rings is 1. The largest absolute Gasteiger partial charge is 0.372 e. The zero-order valence-electron chi connectivity index (χ0n) is 18.9. The van der Waals surface area contributed by atoms with Crippen molar-refractivity contribution in [1.82, 2.24) is 4.98 Å². The number of nitrogens with zero attached hydrogens (tertiary/aromatic N) is 2. The maximum absolute atomic E-state index is 12.5. The minimum atomic E-state index is -0.370. The van der Waals surface area contributed by atoms with Gasteiger partial charge in [0.05, 0.1) is 12.1 Å². The normalized spacial score (nSPS) is 10.5. The van der Waals surface area contributed by atoms with E-state index in [4.69, 9.17) is 0 Å². The number of aromatic nitrogens is 1. The maximum Gasteiger partial charge on any atom is 0.325 e. The molecule has 0 spiro atoms. The molecule has 1 aromatic heterocycles. The summed E-state index contributed by atoms with van der Waals surface area (Å²) >= 11 is 1.28. The number of nitrogens with one attached hydrogen (secondary N) is 3. The summed E-state index contributed by atoms with van der Waals surface area (Å²) in [6.07, 6.45) is 0.134. The molecule has 3 amide bonds. The zero-order chi connectivity index (χ0) is 23.1. The first-order valence-corrected chi connectivity index (χ1v) is 11.5. The van der Waals surface area contributed by atoms with Crippen LogP contribution in [-0.4, -0.2) is 30.0 Å². The van der Waals surface area contributed by atoms with Crippen molar-refractivity contribution in [2.75, 3.05) is 33.9 Å². The van der Waals surface area contributed by atoms with Crippen LogP contribution in [0.1, 0.15) is 30.7 Å². The van der Waals surface area contributed by atoms with Crippen molar-refractivity contribution < 1.29 is 9.59 Å². The molecule has 168 valence electrons. The summed E-state index contributed by atoms with van der Waals surface area (Å²) in [4.78, 5) is 31.3. The highest BCUT2D eigenvalue weighted by atomic mass is 32.1. The molecule has 7 nitrogen and oxygen atoms in total. The molecule has 0 aliphatic rings. The van der Waals surface area contributed by atoms with Crippen molar-refractivity contribution in [1.29, 1.82) is 0 Å². The number of urea groups is 1. The lowest BCUT2D eigenvalue weighted by molar-refractivity contribution is -0.115. The summed E-state index contributed by atoms with van der Waals surface area (Å²) in [6, 6.07) is 13.2. The van der Waals surface area contributed by atoms with Crippen molar-refractivity contribution in [3.05, 3.63) is 64.7 Å². The Kier molecular flexibility index (Phi) is 7.83. The smallest absolute Gasteiger partial charge is 0.325 e. The number of benzene rings is 2. The Morgan fingerprint density at radius 2 is 1.78 bits per heavy atom. The van der Waals surface area contributed by atoms with Gasteiger partial charge in [0.1, 0.15) is 0 Å². The monoisotopic (exact) mass is 451 g/mol. The predicted molar refractivity (Wildman–Crippen MR) is 133 cm³/mol. The van der Waals surface area contributed by atoms with E-state index in [0.29, 0.717) is 16.5 Å². The molecule has 3 aromatic rings.